The number of carbonyl (C=O) groups is 1. The summed E-state index contributed by atoms with van der Waals surface area (Å²) in [6.45, 7) is 13.4. The summed E-state index contributed by atoms with van der Waals surface area (Å²) in [7, 11) is 4.56. The maximum atomic E-state index is 13.0. The van der Waals surface area contributed by atoms with Crippen LogP contribution in [-0.2, 0) is 10.8 Å². The van der Waals surface area contributed by atoms with E-state index in [2.05, 4.69) is 52.9 Å². The van der Waals surface area contributed by atoms with Crippen LogP contribution < -0.4 is 24.3 Å². The SMILES string of the molecule is COc1cc(OC)c(NC(=O)c2ccc(Oc3c(C)cc4c(c3C)C(C)(C)CCC4(C)C)o2)c(OC)c1. The average molecular weight is 508 g/mol. The van der Waals surface area contributed by atoms with Gasteiger partial charge in [0.2, 0.25) is 0 Å². The summed E-state index contributed by atoms with van der Waals surface area (Å²) < 4.78 is 28.2. The van der Waals surface area contributed by atoms with Gasteiger partial charge in [0.05, 0.1) is 21.3 Å². The summed E-state index contributed by atoms with van der Waals surface area (Å²) in [6.07, 6.45) is 2.26. The van der Waals surface area contributed by atoms with Crippen LogP contribution in [0.5, 0.6) is 28.9 Å². The lowest BCUT2D eigenvalue weighted by Crippen LogP contribution is -2.35. The van der Waals surface area contributed by atoms with Gasteiger partial charge in [-0.05, 0) is 65.8 Å². The summed E-state index contributed by atoms with van der Waals surface area (Å²) >= 11 is 0. The molecule has 1 N–H and O–H groups in total. The molecule has 0 radical (unpaired) electrons. The van der Waals surface area contributed by atoms with Gasteiger partial charge in [0, 0.05) is 18.2 Å². The number of benzene rings is 2. The summed E-state index contributed by atoms with van der Waals surface area (Å²) in [4.78, 5) is 13.0. The lowest BCUT2D eigenvalue weighted by molar-refractivity contribution is 0.0991. The van der Waals surface area contributed by atoms with Gasteiger partial charge in [0.15, 0.2) is 5.76 Å². The largest absolute Gasteiger partial charge is 0.496 e. The van der Waals surface area contributed by atoms with E-state index in [0.29, 0.717) is 22.9 Å². The smallest absolute Gasteiger partial charge is 0.291 e. The molecule has 0 spiro atoms. The quantitative estimate of drug-likeness (QED) is 0.361. The summed E-state index contributed by atoms with van der Waals surface area (Å²) in [6, 6.07) is 8.82. The van der Waals surface area contributed by atoms with Crippen LogP contribution in [0.15, 0.2) is 34.7 Å². The van der Waals surface area contributed by atoms with Gasteiger partial charge in [-0.25, -0.2) is 0 Å². The van der Waals surface area contributed by atoms with E-state index in [1.807, 2.05) is 0 Å². The van der Waals surface area contributed by atoms with Gasteiger partial charge in [-0.3, -0.25) is 4.79 Å². The predicted molar refractivity (Wildman–Crippen MR) is 144 cm³/mol. The topological polar surface area (TPSA) is 79.2 Å². The Balaban J connectivity index is 1.62. The number of hydrogen-bond donors (Lipinski definition) is 1. The summed E-state index contributed by atoms with van der Waals surface area (Å²) in [5.41, 5.74) is 5.41. The first-order valence-corrected chi connectivity index (χ1v) is 12.5. The van der Waals surface area contributed by atoms with Crippen molar-refractivity contribution in [3.63, 3.8) is 0 Å². The molecule has 198 valence electrons. The van der Waals surface area contributed by atoms with Crippen molar-refractivity contribution in [2.24, 2.45) is 0 Å². The zero-order valence-corrected chi connectivity index (χ0v) is 23.3. The molecule has 1 amide bonds. The summed E-state index contributed by atoms with van der Waals surface area (Å²) in [5.74, 6) is 2.00. The monoisotopic (exact) mass is 507 g/mol. The molecule has 0 unspecified atom stereocenters. The number of rotatable bonds is 7. The Bertz CT molecular complexity index is 1310. The second kappa shape index (κ2) is 9.69. The second-order valence-corrected chi connectivity index (χ2v) is 10.9. The predicted octanol–water partition coefficient (Wildman–Crippen LogP) is 7.32. The molecule has 4 rings (SSSR count). The maximum absolute atomic E-state index is 13.0. The third kappa shape index (κ3) is 4.87. The van der Waals surface area contributed by atoms with E-state index >= 15 is 0 Å². The van der Waals surface area contributed by atoms with Crippen LogP contribution in [0.3, 0.4) is 0 Å². The lowest BCUT2D eigenvalue weighted by atomic mass is 9.61. The van der Waals surface area contributed by atoms with Gasteiger partial charge in [0.25, 0.3) is 11.9 Å². The highest BCUT2D eigenvalue weighted by Crippen LogP contribution is 2.50. The molecule has 0 saturated heterocycles. The Hall–Kier alpha value is -3.61. The molecule has 2 aromatic carbocycles. The van der Waals surface area contributed by atoms with Crippen molar-refractivity contribution >= 4 is 11.6 Å². The molecule has 1 aromatic heterocycles. The number of carbonyl (C=O) groups excluding carboxylic acids is 1. The second-order valence-electron chi connectivity index (χ2n) is 10.9. The Kier molecular flexibility index (Phi) is 6.93. The molecular weight excluding hydrogens is 470 g/mol. The highest BCUT2D eigenvalue weighted by Gasteiger charge is 2.39. The van der Waals surface area contributed by atoms with E-state index in [1.54, 1.807) is 31.4 Å². The van der Waals surface area contributed by atoms with Gasteiger partial charge in [-0.15, -0.1) is 0 Å². The molecule has 7 nitrogen and oxygen atoms in total. The van der Waals surface area contributed by atoms with Crippen molar-refractivity contribution < 1.29 is 28.2 Å². The standard InChI is InChI=1S/C30H37NO6/c1-17-14-20-25(30(5,6)13-12-29(20,3)4)18(2)27(17)37-24-11-10-21(36-24)28(32)31-26-22(34-8)15-19(33-7)16-23(26)35-9/h10-11,14-16H,12-13H2,1-9H3,(H,31,32). The number of fused-ring (bicyclic) bond motifs is 1. The molecule has 1 aliphatic carbocycles. The molecule has 1 heterocycles. The molecule has 7 heteroatoms. The molecule has 0 saturated carbocycles. The molecule has 3 aromatic rings. The minimum atomic E-state index is -0.460. The van der Waals surface area contributed by atoms with Crippen LogP contribution in [-0.4, -0.2) is 27.2 Å². The van der Waals surface area contributed by atoms with Crippen molar-refractivity contribution in [3.05, 3.63) is 58.3 Å². The molecule has 0 fully saturated rings. The molecule has 0 atom stereocenters. The number of furan rings is 1. The normalized spacial score (nSPS) is 15.5. The molecule has 37 heavy (non-hydrogen) atoms. The Morgan fingerprint density at radius 2 is 1.51 bits per heavy atom. The number of ether oxygens (including phenoxy) is 4. The van der Waals surface area contributed by atoms with Gasteiger partial charge < -0.3 is 28.7 Å². The van der Waals surface area contributed by atoms with Crippen molar-refractivity contribution in [1.82, 2.24) is 0 Å². The van der Waals surface area contributed by atoms with Crippen LogP contribution >= 0.6 is 0 Å². The van der Waals surface area contributed by atoms with Gasteiger partial charge in [-0.1, -0.05) is 33.8 Å². The van der Waals surface area contributed by atoms with Crippen LogP contribution in [0.4, 0.5) is 5.69 Å². The number of hydrogen-bond acceptors (Lipinski definition) is 6. The average Bonchev–Trinajstić information content (AvgIpc) is 3.33. The fraction of sp³-hybridized carbons (Fsp3) is 0.433. The molecule has 0 bridgehead atoms. The minimum Gasteiger partial charge on any atom is -0.496 e. The van der Waals surface area contributed by atoms with E-state index in [0.717, 1.165) is 29.7 Å². The van der Waals surface area contributed by atoms with E-state index in [1.165, 1.54) is 25.3 Å². The van der Waals surface area contributed by atoms with E-state index in [-0.39, 0.29) is 22.5 Å². The lowest BCUT2D eigenvalue weighted by Gasteiger charge is -2.43. The fourth-order valence-corrected chi connectivity index (χ4v) is 5.31. The molecular formula is C30H37NO6. The first kappa shape index (κ1) is 26.5. The number of aryl methyl sites for hydroxylation is 1. The van der Waals surface area contributed by atoms with E-state index in [9.17, 15) is 4.79 Å². The van der Waals surface area contributed by atoms with Gasteiger partial charge in [-0.2, -0.15) is 0 Å². The maximum Gasteiger partial charge on any atom is 0.291 e. The zero-order chi connectivity index (χ0) is 27.1. The minimum absolute atomic E-state index is 0.0471. The molecule has 1 aliphatic rings. The Labute approximate surface area is 219 Å². The van der Waals surface area contributed by atoms with Crippen molar-refractivity contribution in [2.45, 2.75) is 65.2 Å². The van der Waals surface area contributed by atoms with Gasteiger partial charge in [0.1, 0.15) is 28.7 Å². The first-order valence-electron chi connectivity index (χ1n) is 12.5. The van der Waals surface area contributed by atoms with E-state index in [4.69, 9.17) is 23.4 Å². The third-order valence-electron chi connectivity index (χ3n) is 7.45. The van der Waals surface area contributed by atoms with Crippen LogP contribution in [0.1, 0.15) is 73.3 Å². The number of methoxy groups -OCH3 is 3. The Morgan fingerprint density at radius 3 is 2.11 bits per heavy atom. The fourth-order valence-electron chi connectivity index (χ4n) is 5.31. The van der Waals surface area contributed by atoms with Crippen LogP contribution in [0.25, 0.3) is 0 Å². The number of nitrogens with one attached hydrogen (secondary N) is 1. The molecule has 0 aliphatic heterocycles. The number of anilines is 1. The first-order chi connectivity index (χ1) is 17.4. The van der Waals surface area contributed by atoms with Crippen molar-refractivity contribution in [1.29, 1.82) is 0 Å². The third-order valence-corrected chi connectivity index (χ3v) is 7.45. The van der Waals surface area contributed by atoms with Crippen LogP contribution in [0, 0.1) is 13.8 Å². The highest BCUT2D eigenvalue weighted by atomic mass is 16.6. The van der Waals surface area contributed by atoms with Crippen molar-refractivity contribution in [2.75, 3.05) is 26.6 Å². The summed E-state index contributed by atoms with van der Waals surface area (Å²) in [5, 5.41) is 2.82. The number of amides is 1. The van der Waals surface area contributed by atoms with Crippen LogP contribution in [0.2, 0.25) is 0 Å². The van der Waals surface area contributed by atoms with Gasteiger partial charge >= 0.3 is 0 Å². The zero-order valence-electron chi connectivity index (χ0n) is 23.3. The van der Waals surface area contributed by atoms with E-state index < -0.39 is 5.91 Å². The van der Waals surface area contributed by atoms with Crippen molar-refractivity contribution in [3.8, 4) is 28.9 Å². The Morgan fingerprint density at radius 1 is 0.892 bits per heavy atom. The highest BCUT2D eigenvalue weighted by molar-refractivity contribution is 6.04.